The van der Waals surface area contributed by atoms with E-state index < -0.39 is 0 Å². The van der Waals surface area contributed by atoms with Crippen LogP contribution in [0.2, 0.25) is 5.02 Å². The fraction of sp³-hybridized carbons (Fsp3) is 0.105. The second kappa shape index (κ2) is 8.43. The van der Waals surface area contributed by atoms with Crippen LogP contribution in [0.3, 0.4) is 0 Å². The molecule has 0 radical (unpaired) electrons. The predicted octanol–water partition coefficient (Wildman–Crippen LogP) is 3.96. The summed E-state index contributed by atoms with van der Waals surface area (Å²) in [6.45, 7) is 1.75. The smallest absolute Gasteiger partial charge is 0.256 e. The van der Waals surface area contributed by atoms with Gasteiger partial charge in [0.2, 0.25) is 0 Å². The van der Waals surface area contributed by atoms with Crippen LogP contribution in [-0.4, -0.2) is 11.0 Å². The maximum Gasteiger partial charge on any atom is 0.256 e. The molecule has 2 aromatic carbocycles. The second-order valence-corrected chi connectivity index (χ2v) is 7.94. The van der Waals surface area contributed by atoms with Crippen LogP contribution in [0.5, 0.6) is 0 Å². The molecule has 1 amide bonds. The van der Waals surface area contributed by atoms with Crippen molar-refractivity contribution in [3.63, 3.8) is 0 Å². The van der Waals surface area contributed by atoms with Crippen LogP contribution in [0.4, 0.5) is 10.7 Å². The van der Waals surface area contributed by atoms with Crippen molar-refractivity contribution in [2.75, 3.05) is 5.32 Å². The van der Waals surface area contributed by atoms with E-state index in [-0.39, 0.29) is 12.5 Å². The maximum absolute atomic E-state index is 12.6. The first-order valence-electron chi connectivity index (χ1n) is 8.06. The number of thiophene rings is 1. The molecule has 3 rings (SSSR count). The van der Waals surface area contributed by atoms with Gasteiger partial charge in [-0.05, 0) is 54.3 Å². The lowest BCUT2D eigenvalue weighted by molar-refractivity contribution is -0.258. The SMILES string of the molecule is Cc1cc(-c2csc(NC(=O)c3ccc(SN)c([NH3+])c3)c2CO)ccc1Cl. The van der Waals surface area contributed by atoms with Crippen molar-refractivity contribution < 1.29 is 15.6 Å². The molecule has 5 nitrogen and oxygen atoms in total. The lowest BCUT2D eigenvalue weighted by atomic mass is 10.0. The number of aliphatic hydroxyl groups is 1. The number of carbonyl (C=O) groups is 1. The second-order valence-electron chi connectivity index (χ2n) is 5.97. The molecule has 0 aliphatic rings. The predicted molar refractivity (Wildman–Crippen MR) is 112 cm³/mol. The van der Waals surface area contributed by atoms with Crippen molar-refractivity contribution in [1.82, 2.24) is 0 Å². The van der Waals surface area contributed by atoms with Gasteiger partial charge in [-0.15, -0.1) is 11.3 Å². The third kappa shape index (κ3) is 4.19. The number of halogens is 1. The Hall–Kier alpha value is -1.87. The zero-order valence-corrected chi connectivity index (χ0v) is 17.0. The number of quaternary nitrogens is 1. The molecule has 27 heavy (non-hydrogen) atoms. The van der Waals surface area contributed by atoms with Crippen LogP contribution in [0.15, 0.2) is 46.7 Å². The maximum atomic E-state index is 12.6. The number of benzene rings is 2. The first kappa shape index (κ1) is 19.9. The topological polar surface area (TPSA) is 103 Å². The number of nitrogens with one attached hydrogen (secondary N) is 1. The van der Waals surface area contributed by atoms with E-state index >= 15 is 0 Å². The average molecular weight is 421 g/mol. The third-order valence-electron chi connectivity index (χ3n) is 4.20. The molecule has 0 aliphatic heterocycles. The van der Waals surface area contributed by atoms with Gasteiger partial charge in [0.15, 0.2) is 0 Å². The third-order valence-corrected chi connectivity index (χ3v) is 6.21. The van der Waals surface area contributed by atoms with Gasteiger partial charge in [0, 0.05) is 33.2 Å². The van der Waals surface area contributed by atoms with E-state index in [1.165, 1.54) is 11.3 Å². The summed E-state index contributed by atoms with van der Waals surface area (Å²) >= 11 is 8.57. The molecule has 8 heteroatoms. The molecule has 0 saturated carbocycles. The fourth-order valence-corrected chi connectivity index (χ4v) is 4.17. The van der Waals surface area contributed by atoms with Gasteiger partial charge < -0.3 is 16.2 Å². The van der Waals surface area contributed by atoms with E-state index in [0.717, 1.165) is 33.5 Å². The number of carbonyl (C=O) groups excluding carboxylic acids is 1. The molecule has 0 bridgehead atoms. The summed E-state index contributed by atoms with van der Waals surface area (Å²) in [5, 5.41) is 21.5. The van der Waals surface area contributed by atoms with Crippen LogP contribution in [0.25, 0.3) is 11.1 Å². The van der Waals surface area contributed by atoms with Crippen molar-refractivity contribution in [2.24, 2.45) is 5.14 Å². The molecular weight excluding hydrogens is 402 g/mol. The van der Waals surface area contributed by atoms with E-state index in [1.807, 2.05) is 30.5 Å². The molecule has 0 unspecified atom stereocenters. The van der Waals surface area contributed by atoms with Crippen molar-refractivity contribution >= 4 is 51.5 Å². The highest BCUT2D eigenvalue weighted by molar-refractivity contribution is 7.97. The highest BCUT2D eigenvalue weighted by atomic mass is 35.5. The Morgan fingerprint density at radius 3 is 2.74 bits per heavy atom. The molecule has 0 saturated heterocycles. The standard InChI is InChI=1S/C19H18ClN3O2S2/c1-10-6-11(2-4-15(10)20)14-9-26-19(13(14)8-24)23-18(25)12-3-5-17(27-22)16(21)7-12/h2-7,9,24H,8,21-22H2,1H3,(H,23,25)/p+1. The number of rotatable bonds is 5. The lowest BCUT2D eigenvalue weighted by Crippen LogP contribution is -2.41. The van der Waals surface area contributed by atoms with Crippen molar-refractivity contribution in [3.05, 3.63) is 63.5 Å². The molecular formula is C19H19ClN3O2S2+. The Bertz CT molecular complexity index is 1000. The number of nitrogens with two attached hydrogens (primary N) is 1. The van der Waals surface area contributed by atoms with Gasteiger partial charge in [-0.3, -0.25) is 9.93 Å². The quantitative estimate of drug-likeness (QED) is 0.469. The molecule has 140 valence electrons. The number of anilines is 1. The Morgan fingerprint density at radius 1 is 1.33 bits per heavy atom. The molecule has 1 heterocycles. The lowest BCUT2D eigenvalue weighted by Gasteiger charge is -2.09. The minimum atomic E-state index is -0.260. The Labute approximate surface area is 170 Å². The van der Waals surface area contributed by atoms with E-state index in [4.69, 9.17) is 16.7 Å². The summed E-state index contributed by atoms with van der Waals surface area (Å²) in [7, 11) is 0. The van der Waals surface area contributed by atoms with Crippen LogP contribution < -0.4 is 16.2 Å². The summed E-state index contributed by atoms with van der Waals surface area (Å²) in [4.78, 5) is 13.4. The van der Waals surface area contributed by atoms with E-state index in [0.29, 0.717) is 26.8 Å². The van der Waals surface area contributed by atoms with Gasteiger partial charge in [0.25, 0.3) is 5.91 Å². The molecule has 0 fully saturated rings. The van der Waals surface area contributed by atoms with Crippen LogP contribution in [0.1, 0.15) is 21.5 Å². The minimum Gasteiger partial charge on any atom is -0.392 e. The summed E-state index contributed by atoms with van der Waals surface area (Å²) in [5.41, 5.74) is 8.55. The van der Waals surface area contributed by atoms with E-state index in [2.05, 4.69) is 11.1 Å². The molecule has 3 aromatic rings. The Kier molecular flexibility index (Phi) is 6.21. The summed E-state index contributed by atoms with van der Waals surface area (Å²) in [6.07, 6.45) is 0. The molecule has 1 aromatic heterocycles. The van der Waals surface area contributed by atoms with Gasteiger partial charge in [-0.1, -0.05) is 17.7 Å². The fourth-order valence-electron chi connectivity index (χ4n) is 2.71. The zero-order chi connectivity index (χ0) is 19.6. The highest BCUT2D eigenvalue weighted by Crippen LogP contribution is 2.37. The van der Waals surface area contributed by atoms with E-state index in [9.17, 15) is 9.90 Å². The molecule has 0 atom stereocenters. The number of aliphatic hydroxyl groups excluding tert-OH is 1. The molecule has 0 spiro atoms. The zero-order valence-electron chi connectivity index (χ0n) is 14.6. The van der Waals surface area contributed by atoms with Crippen LogP contribution in [0, 0.1) is 6.92 Å². The largest absolute Gasteiger partial charge is 0.392 e. The van der Waals surface area contributed by atoms with Gasteiger partial charge in [0.1, 0.15) is 10.7 Å². The van der Waals surface area contributed by atoms with Gasteiger partial charge in [-0.25, -0.2) is 0 Å². The first-order chi connectivity index (χ1) is 12.9. The number of hydrogen-bond acceptors (Lipinski definition) is 5. The average Bonchev–Trinajstić information content (AvgIpc) is 3.06. The number of hydrogen-bond donors (Lipinski definition) is 4. The Balaban J connectivity index is 1.89. The van der Waals surface area contributed by atoms with Gasteiger partial charge >= 0.3 is 0 Å². The summed E-state index contributed by atoms with van der Waals surface area (Å²) in [6, 6.07) is 10.9. The van der Waals surface area contributed by atoms with Gasteiger partial charge in [0.05, 0.1) is 11.5 Å². The van der Waals surface area contributed by atoms with Crippen LogP contribution in [-0.2, 0) is 6.61 Å². The molecule has 7 N–H and O–H groups in total. The van der Waals surface area contributed by atoms with Crippen LogP contribution >= 0.6 is 34.9 Å². The van der Waals surface area contributed by atoms with Crippen molar-refractivity contribution in [3.8, 4) is 11.1 Å². The summed E-state index contributed by atoms with van der Waals surface area (Å²) < 4.78 is 0. The number of amides is 1. The highest BCUT2D eigenvalue weighted by Gasteiger charge is 2.17. The van der Waals surface area contributed by atoms with E-state index in [1.54, 1.807) is 18.2 Å². The normalized spacial score (nSPS) is 10.9. The minimum absolute atomic E-state index is 0.181. The monoisotopic (exact) mass is 420 g/mol. The first-order valence-corrected chi connectivity index (χ1v) is 10.2. The van der Waals surface area contributed by atoms with Gasteiger partial charge in [-0.2, -0.15) is 0 Å². The summed E-state index contributed by atoms with van der Waals surface area (Å²) in [5.74, 6) is -0.260. The molecule has 0 aliphatic carbocycles. The number of aryl methyl sites for hydroxylation is 1. The van der Waals surface area contributed by atoms with Crippen molar-refractivity contribution in [1.29, 1.82) is 0 Å². The van der Waals surface area contributed by atoms with Crippen molar-refractivity contribution in [2.45, 2.75) is 18.4 Å². The Morgan fingerprint density at radius 2 is 2.11 bits per heavy atom.